The second-order valence-corrected chi connectivity index (χ2v) is 10.7. The summed E-state index contributed by atoms with van der Waals surface area (Å²) in [5.41, 5.74) is 2.33. The number of nitrogens with one attached hydrogen (secondary N) is 4. The first-order valence-electron chi connectivity index (χ1n) is 10.1. The number of nitrogens with zero attached hydrogens (tertiary/aromatic N) is 2. The zero-order chi connectivity index (χ0) is 21.0. The summed E-state index contributed by atoms with van der Waals surface area (Å²) in [6.45, 7) is 2.20. The first kappa shape index (κ1) is 20.8. The van der Waals surface area contributed by atoms with E-state index in [1.165, 1.54) is 7.05 Å². The standard InChI is InChI=1S/C17H30N6O5S/c1-17(6-7-17)21-29(26,27)10-4-5-11-12(8-10)22(3)16(25)23(11)9-13-19-14(20-28-13)15(24)18-2/h10-14,19-21H,4-9H2,1-3H3,(H,18,24). The number of sulfonamides is 1. The molecule has 5 atom stereocenters. The molecule has 0 aromatic rings. The van der Waals surface area contributed by atoms with Crippen LogP contribution in [-0.4, -0.2) is 86.1 Å². The number of carbonyl (C=O) groups is 2. The van der Waals surface area contributed by atoms with E-state index in [1.807, 2.05) is 6.92 Å². The van der Waals surface area contributed by atoms with Gasteiger partial charge in [-0.1, -0.05) is 0 Å². The van der Waals surface area contributed by atoms with Crippen LogP contribution in [0.2, 0.25) is 0 Å². The SMILES string of the molecule is CNC(=O)C1NOC(CN2C(=O)N(C)C3CC(S(=O)(=O)NC4(C)CC4)CCC32)N1. The molecule has 0 radical (unpaired) electrons. The van der Waals surface area contributed by atoms with Gasteiger partial charge in [0.15, 0.2) is 6.17 Å². The van der Waals surface area contributed by atoms with Crippen molar-refractivity contribution < 1.29 is 22.8 Å². The molecule has 29 heavy (non-hydrogen) atoms. The molecule has 0 bridgehead atoms. The summed E-state index contributed by atoms with van der Waals surface area (Å²) >= 11 is 0. The minimum atomic E-state index is -3.42. The van der Waals surface area contributed by atoms with Crippen molar-refractivity contribution >= 4 is 22.0 Å². The topological polar surface area (TPSA) is 132 Å². The van der Waals surface area contributed by atoms with Gasteiger partial charge in [0.1, 0.15) is 6.23 Å². The molecule has 164 valence electrons. The zero-order valence-corrected chi connectivity index (χ0v) is 17.8. The van der Waals surface area contributed by atoms with E-state index in [-0.39, 0.29) is 36.1 Å². The molecule has 2 aliphatic heterocycles. The highest BCUT2D eigenvalue weighted by Crippen LogP contribution is 2.39. The van der Waals surface area contributed by atoms with E-state index < -0.39 is 27.7 Å². The van der Waals surface area contributed by atoms with E-state index in [0.29, 0.717) is 19.3 Å². The van der Waals surface area contributed by atoms with Crippen LogP contribution in [0.3, 0.4) is 0 Å². The Labute approximate surface area is 170 Å². The summed E-state index contributed by atoms with van der Waals surface area (Å²) in [5, 5.41) is 5.04. The highest BCUT2D eigenvalue weighted by atomic mass is 32.2. The van der Waals surface area contributed by atoms with Crippen molar-refractivity contribution in [3.8, 4) is 0 Å². The normalized spacial score (nSPS) is 36.2. The molecule has 4 fully saturated rings. The molecule has 2 heterocycles. The summed E-state index contributed by atoms with van der Waals surface area (Å²) in [5.74, 6) is -0.252. The molecule has 12 heteroatoms. The van der Waals surface area contributed by atoms with E-state index >= 15 is 0 Å². The van der Waals surface area contributed by atoms with Crippen LogP contribution in [0, 0.1) is 0 Å². The number of fused-ring (bicyclic) bond motifs is 1. The number of rotatable bonds is 6. The van der Waals surface area contributed by atoms with Gasteiger partial charge in [0, 0.05) is 19.6 Å². The van der Waals surface area contributed by atoms with Crippen molar-refractivity contribution in [3.63, 3.8) is 0 Å². The van der Waals surface area contributed by atoms with Crippen LogP contribution in [0.5, 0.6) is 0 Å². The number of hydroxylamine groups is 1. The minimum Gasteiger partial charge on any atom is -0.357 e. The number of hydrogen-bond donors (Lipinski definition) is 4. The average molecular weight is 431 g/mol. The Morgan fingerprint density at radius 2 is 2.03 bits per heavy atom. The van der Waals surface area contributed by atoms with Gasteiger partial charge in [0.05, 0.1) is 23.9 Å². The Hall–Kier alpha value is -1.47. The Morgan fingerprint density at radius 1 is 1.31 bits per heavy atom. The Kier molecular flexibility index (Phi) is 5.26. The van der Waals surface area contributed by atoms with Crippen LogP contribution in [0.4, 0.5) is 4.79 Å². The highest BCUT2D eigenvalue weighted by Gasteiger charge is 2.51. The van der Waals surface area contributed by atoms with E-state index in [4.69, 9.17) is 4.84 Å². The van der Waals surface area contributed by atoms with Crippen molar-refractivity contribution in [2.24, 2.45) is 0 Å². The molecule has 0 aromatic heterocycles. The van der Waals surface area contributed by atoms with Gasteiger partial charge < -0.3 is 15.1 Å². The van der Waals surface area contributed by atoms with Gasteiger partial charge in [-0.3, -0.25) is 14.9 Å². The first-order chi connectivity index (χ1) is 13.6. The molecular formula is C17H30N6O5S. The van der Waals surface area contributed by atoms with E-state index in [2.05, 4.69) is 20.8 Å². The number of amides is 3. The van der Waals surface area contributed by atoms with Crippen molar-refractivity contribution in [2.75, 3.05) is 20.6 Å². The van der Waals surface area contributed by atoms with Crippen LogP contribution < -0.4 is 20.8 Å². The predicted octanol–water partition coefficient (Wildman–Crippen LogP) is -1.36. The maximum Gasteiger partial charge on any atom is 0.320 e. The lowest BCUT2D eigenvalue weighted by Crippen LogP contribution is -2.51. The largest absolute Gasteiger partial charge is 0.357 e. The van der Waals surface area contributed by atoms with Crippen molar-refractivity contribution in [1.82, 2.24) is 30.6 Å². The van der Waals surface area contributed by atoms with E-state index in [0.717, 1.165) is 12.8 Å². The number of urea groups is 1. The van der Waals surface area contributed by atoms with Gasteiger partial charge in [-0.05, 0) is 39.0 Å². The third kappa shape index (κ3) is 3.96. The molecule has 4 rings (SSSR count). The number of carbonyl (C=O) groups excluding carboxylic acids is 2. The van der Waals surface area contributed by atoms with E-state index in [9.17, 15) is 18.0 Å². The highest BCUT2D eigenvalue weighted by molar-refractivity contribution is 7.90. The van der Waals surface area contributed by atoms with Gasteiger partial charge in [-0.15, -0.1) is 0 Å². The lowest BCUT2D eigenvalue weighted by atomic mass is 9.90. The molecule has 4 N–H and O–H groups in total. The van der Waals surface area contributed by atoms with Crippen LogP contribution in [0.1, 0.15) is 39.0 Å². The third-order valence-electron chi connectivity index (χ3n) is 6.56. The summed E-state index contributed by atoms with van der Waals surface area (Å²) in [7, 11) is -0.159. The Balaban J connectivity index is 1.40. The summed E-state index contributed by atoms with van der Waals surface area (Å²) in [6.07, 6.45) is 2.10. The monoisotopic (exact) mass is 430 g/mol. The van der Waals surface area contributed by atoms with Gasteiger partial charge in [0.25, 0.3) is 5.91 Å². The maximum absolute atomic E-state index is 12.8. The quantitative estimate of drug-likeness (QED) is 0.409. The first-order valence-corrected chi connectivity index (χ1v) is 11.6. The second kappa shape index (κ2) is 7.34. The van der Waals surface area contributed by atoms with Crippen molar-refractivity contribution in [1.29, 1.82) is 0 Å². The molecule has 2 aliphatic carbocycles. The average Bonchev–Trinajstić information content (AvgIpc) is 3.13. The van der Waals surface area contributed by atoms with Crippen LogP contribution in [0.25, 0.3) is 0 Å². The van der Waals surface area contributed by atoms with Crippen LogP contribution in [0.15, 0.2) is 0 Å². The molecule has 2 saturated carbocycles. The Bertz CT molecular complexity index is 787. The van der Waals surface area contributed by atoms with Gasteiger partial charge in [0.2, 0.25) is 10.0 Å². The second-order valence-electron chi connectivity index (χ2n) is 8.76. The maximum atomic E-state index is 12.8. The molecule has 2 saturated heterocycles. The summed E-state index contributed by atoms with van der Waals surface area (Å²) < 4.78 is 28.5. The fraction of sp³-hybridized carbons (Fsp3) is 0.882. The molecule has 11 nitrogen and oxygen atoms in total. The van der Waals surface area contributed by atoms with Gasteiger partial charge in [-0.2, -0.15) is 5.48 Å². The van der Waals surface area contributed by atoms with E-state index in [1.54, 1.807) is 16.8 Å². The van der Waals surface area contributed by atoms with Crippen LogP contribution >= 0.6 is 0 Å². The summed E-state index contributed by atoms with van der Waals surface area (Å²) in [6, 6.07) is -0.372. The fourth-order valence-electron chi connectivity index (χ4n) is 4.52. The fourth-order valence-corrected chi connectivity index (χ4v) is 6.47. The smallest absolute Gasteiger partial charge is 0.320 e. The minimum absolute atomic E-state index is 0.0695. The Morgan fingerprint density at radius 3 is 2.69 bits per heavy atom. The lowest BCUT2D eigenvalue weighted by Gasteiger charge is -2.36. The summed E-state index contributed by atoms with van der Waals surface area (Å²) in [4.78, 5) is 33.3. The van der Waals surface area contributed by atoms with Crippen molar-refractivity contribution in [3.05, 3.63) is 0 Å². The molecule has 0 spiro atoms. The van der Waals surface area contributed by atoms with Crippen LogP contribution in [-0.2, 0) is 19.7 Å². The molecule has 5 unspecified atom stereocenters. The number of hydrogen-bond acceptors (Lipinski definition) is 7. The van der Waals surface area contributed by atoms with Gasteiger partial charge in [-0.25, -0.2) is 17.9 Å². The molecule has 0 aromatic carbocycles. The third-order valence-corrected chi connectivity index (χ3v) is 8.64. The molecule has 4 aliphatic rings. The lowest BCUT2D eigenvalue weighted by molar-refractivity contribution is -0.124. The molecular weight excluding hydrogens is 400 g/mol. The molecule has 3 amide bonds. The predicted molar refractivity (Wildman–Crippen MR) is 104 cm³/mol. The van der Waals surface area contributed by atoms with Gasteiger partial charge >= 0.3 is 6.03 Å². The number of likely N-dealkylation sites (N-methyl/N-ethyl adjacent to an activating group) is 2. The van der Waals surface area contributed by atoms with Crippen molar-refractivity contribution in [2.45, 2.75) is 74.3 Å². The zero-order valence-electron chi connectivity index (χ0n) is 17.0.